The van der Waals surface area contributed by atoms with E-state index >= 15 is 0 Å². The van der Waals surface area contributed by atoms with Gasteiger partial charge in [-0.3, -0.25) is 0 Å². The molecule has 6 rings (SSSR count). The van der Waals surface area contributed by atoms with Crippen LogP contribution in [0.3, 0.4) is 0 Å². The van der Waals surface area contributed by atoms with E-state index < -0.39 is 28.9 Å². The van der Waals surface area contributed by atoms with Gasteiger partial charge < -0.3 is 24.8 Å². The Kier molecular flexibility index (Phi) is 13.2. The minimum atomic E-state index is -3.07. The molecule has 4 aromatic carbocycles. The summed E-state index contributed by atoms with van der Waals surface area (Å²) in [7, 11) is 0. The van der Waals surface area contributed by atoms with E-state index in [1.807, 2.05) is 36.4 Å². The number of hydrogen-bond donors (Lipinski definition) is 0. The predicted octanol–water partition coefficient (Wildman–Crippen LogP) is 6.94. The van der Waals surface area contributed by atoms with Crippen LogP contribution in [0.1, 0.15) is 86.1 Å². The van der Waals surface area contributed by atoms with E-state index in [2.05, 4.69) is 108 Å². The summed E-state index contributed by atoms with van der Waals surface area (Å²) in [6.45, 7) is 13.8. The Labute approximate surface area is 347 Å². The molecule has 0 saturated carbocycles. The molecule has 0 saturated heterocycles. The molecular formula is C41H38Cl8Zr. The van der Waals surface area contributed by atoms with Gasteiger partial charge in [0.25, 0.3) is 0 Å². The maximum absolute atomic E-state index is 6.50. The second kappa shape index (κ2) is 15.7. The van der Waals surface area contributed by atoms with Gasteiger partial charge in [-0.1, -0.05) is 0 Å². The monoisotopic (exact) mass is 900 g/mol. The molecule has 0 unspecified atom stereocenters. The molecule has 2 aliphatic carbocycles. The first-order chi connectivity index (χ1) is 22.3. The van der Waals surface area contributed by atoms with Gasteiger partial charge in [0.1, 0.15) is 0 Å². The van der Waals surface area contributed by atoms with Crippen LogP contribution in [0.2, 0.25) is 3.63 Å². The molecule has 0 spiro atoms. The minimum Gasteiger partial charge on any atom is -1.00 e. The summed E-state index contributed by atoms with van der Waals surface area (Å²) in [5, 5.41) is 0. The second-order valence-corrected chi connectivity index (χ2v) is 25.6. The molecule has 50 heavy (non-hydrogen) atoms. The van der Waals surface area contributed by atoms with Crippen LogP contribution in [-0.2, 0) is 46.1 Å². The average molecular weight is 906 g/mol. The summed E-state index contributed by atoms with van der Waals surface area (Å²) in [6, 6.07) is 28.1. The fraction of sp³-hybridized carbons (Fsp3) is 0.293. The number of halogens is 8. The van der Waals surface area contributed by atoms with Gasteiger partial charge in [-0.2, -0.15) is 0 Å². The van der Waals surface area contributed by atoms with Crippen molar-refractivity contribution in [3.63, 3.8) is 0 Å². The van der Waals surface area contributed by atoms with Gasteiger partial charge in [0.05, 0.1) is 0 Å². The van der Waals surface area contributed by atoms with Crippen molar-refractivity contribution >= 4 is 76.1 Å². The third-order valence-corrected chi connectivity index (χ3v) is 18.5. The standard InChI is InChI=1S/C21H25.C15H8Cl6.C5H5.2ClH.Zr/c1-20(2,3)16-9-7-14-11-15-8-10-17(21(4,5)6)13-19(15)18(14)12-16;16-14(17,18)12-5-1-3-10(8-12)7-11-4-2-6-13(9-11)15(19,20)21;1-2-4-5-3-1;;;/h7,9-10,12-13H,11H2,1-6H3;1-6,8-9H;1-5H;2*1H;/q;;;;;+2/p-2. The van der Waals surface area contributed by atoms with E-state index in [4.69, 9.17) is 69.6 Å². The molecular weight excluding hydrogens is 867 g/mol. The van der Waals surface area contributed by atoms with Crippen molar-refractivity contribution in [3.05, 3.63) is 148 Å². The summed E-state index contributed by atoms with van der Waals surface area (Å²) in [4.78, 5) is 0. The Morgan fingerprint density at radius 1 is 0.580 bits per heavy atom. The van der Waals surface area contributed by atoms with Gasteiger partial charge in [-0.25, -0.2) is 0 Å². The second-order valence-electron chi connectivity index (χ2n) is 14.8. The van der Waals surface area contributed by atoms with Crippen LogP contribution in [0.4, 0.5) is 0 Å². The zero-order chi connectivity index (χ0) is 34.8. The quantitative estimate of drug-likeness (QED) is 0.172. The van der Waals surface area contributed by atoms with E-state index in [-0.39, 0.29) is 39.3 Å². The Balaban J connectivity index is 0.00000281. The Hall–Kier alpha value is -0.567. The topological polar surface area (TPSA) is 0 Å². The molecule has 0 N–H and O–H groups in total. The third kappa shape index (κ3) is 8.86. The van der Waals surface area contributed by atoms with Crippen molar-refractivity contribution in [2.75, 3.05) is 0 Å². The molecule has 0 bridgehead atoms. The number of allylic oxidation sites excluding steroid dienone is 4. The number of alkyl halides is 6. The van der Waals surface area contributed by atoms with Crippen LogP contribution in [-0.4, -0.2) is 3.21 Å². The molecule has 0 nitrogen and oxygen atoms in total. The number of hydrogen-bond acceptors (Lipinski definition) is 0. The van der Waals surface area contributed by atoms with E-state index in [0.717, 1.165) is 17.5 Å². The maximum Gasteiger partial charge on any atom is -1.00 e. The smallest absolute Gasteiger partial charge is 1.00 e. The van der Waals surface area contributed by atoms with E-state index in [1.54, 1.807) is 0 Å². The normalized spacial score (nSPS) is 14.0. The Bertz CT molecular complexity index is 1930. The molecule has 0 fully saturated rings. The van der Waals surface area contributed by atoms with Crippen molar-refractivity contribution < 1.29 is 46.1 Å². The fourth-order valence-corrected chi connectivity index (χ4v) is 15.7. The Morgan fingerprint density at radius 2 is 1.08 bits per heavy atom. The van der Waals surface area contributed by atoms with E-state index in [1.165, 1.54) is 39.9 Å². The predicted molar refractivity (Wildman–Crippen MR) is 208 cm³/mol. The van der Waals surface area contributed by atoms with Crippen LogP contribution < -0.4 is 28.1 Å². The van der Waals surface area contributed by atoms with Crippen molar-refractivity contribution in [2.24, 2.45) is 0 Å². The summed E-state index contributed by atoms with van der Waals surface area (Å²) in [5.41, 5.74) is 11.5. The molecule has 4 aromatic rings. The van der Waals surface area contributed by atoms with Crippen LogP contribution in [0.15, 0.2) is 103 Å². The minimum absolute atomic E-state index is 0. The van der Waals surface area contributed by atoms with Crippen molar-refractivity contribution in [1.29, 1.82) is 0 Å². The first-order valence-electron chi connectivity index (χ1n) is 16.1. The molecule has 0 aromatic heterocycles. The summed E-state index contributed by atoms with van der Waals surface area (Å²) < 4.78 is -0.148. The zero-order valence-corrected chi connectivity index (χ0v) is 37.1. The Morgan fingerprint density at radius 3 is 1.56 bits per heavy atom. The molecule has 0 heterocycles. The first-order valence-corrected chi connectivity index (χ1v) is 22.2. The van der Waals surface area contributed by atoms with Gasteiger partial charge in [-0.05, 0) is 0 Å². The van der Waals surface area contributed by atoms with Crippen LogP contribution >= 0.6 is 69.6 Å². The maximum atomic E-state index is 6.50. The van der Waals surface area contributed by atoms with Crippen molar-refractivity contribution in [3.8, 4) is 11.1 Å². The first kappa shape index (κ1) is 42.2. The zero-order valence-electron chi connectivity index (χ0n) is 28.6. The molecule has 0 amide bonds. The summed E-state index contributed by atoms with van der Waals surface area (Å²) in [5.74, 6) is 0. The summed E-state index contributed by atoms with van der Waals surface area (Å²) in [6.07, 6.45) is 9.98. The van der Waals surface area contributed by atoms with Gasteiger partial charge in [0.15, 0.2) is 0 Å². The molecule has 9 heteroatoms. The van der Waals surface area contributed by atoms with E-state index in [0.29, 0.717) is 11.1 Å². The van der Waals surface area contributed by atoms with E-state index in [9.17, 15) is 0 Å². The van der Waals surface area contributed by atoms with Gasteiger partial charge in [0.2, 0.25) is 0 Å². The van der Waals surface area contributed by atoms with Gasteiger partial charge in [0, 0.05) is 0 Å². The van der Waals surface area contributed by atoms with Crippen LogP contribution in [0.25, 0.3) is 11.1 Å². The van der Waals surface area contributed by atoms with Crippen molar-refractivity contribution in [1.82, 2.24) is 0 Å². The number of rotatable bonds is 4. The van der Waals surface area contributed by atoms with Crippen LogP contribution in [0.5, 0.6) is 0 Å². The molecule has 0 atom stereocenters. The van der Waals surface area contributed by atoms with Gasteiger partial charge >= 0.3 is 326 Å². The number of benzene rings is 4. The summed E-state index contributed by atoms with van der Waals surface area (Å²) >= 11 is 35.9. The van der Waals surface area contributed by atoms with Crippen molar-refractivity contribution in [2.45, 2.75) is 70.0 Å². The average Bonchev–Trinajstić information content (AvgIpc) is 3.66. The van der Waals surface area contributed by atoms with Crippen LogP contribution in [0, 0.1) is 0 Å². The SMILES string of the molecule is CC(C)(C)c1ccc2c(c1)-c1cc(C(C)(C)C)c[c]([Zr+2](=[C](c3cccc(C(Cl)(Cl)Cl)c3)c3cccc(C(Cl)(Cl)Cl)c3)[CH]3C=CC=C3)c1C2.[Cl-].[Cl-]. The molecule has 0 radical (unpaired) electrons. The molecule has 2 aliphatic rings. The van der Waals surface area contributed by atoms with Gasteiger partial charge in [-0.15, -0.1) is 0 Å². The third-order valence-electron chi connectivity index (χ3n) is 9.35. The number of fused-ring (bicyclic) bond motifs is 3. The fourth-order valence-electron chi connectivity index (χ4n) is 6.70. The largest absolute Gasteiger partial charge is 1.00 e. The molecule has 262 valence electrons. The molecule has 0 aliphatic heterocycles.